The highest BCUT2D eigenvalue weighted by atomic mass is 19.1. The average Bonchev–Trinajstić information content (AvgIpc) is 3.34. The topological polar surface area (TPSA) is 89.0 Å². The average molecular weight is 458 g/mol. The monoisotopic (exact) mass is 457 g/mol. The van der Waals surface area contributed by atoms with E-state index in [1.165, 1.54) is 6.07 Å². The van der Waals surface area contributed by atoms with Crippen molar-refractivity contribution in [3.8, 4) is 22.3 Å². The molecule has 4 N–H and O–H groups in total. The second kappa shape index (κ2) is 9.89. The number of anilines is 1. The Hall–Kier alpha value is -3.97. The molecule has 0 aliphatic heterocycles. The molecule has 174 valence electrons. The fourth-order valence-corrected chi connectivity index (χ4v) is 3.77. The molecule has 0 aliphatic carbocycles. The van der Waals surface area contributed by atoms with Gasteiger partial charge in [0.1, 0.15) is 11.6 Å². The number of benzene rings is 2. The summed E-state index contributed by atoms with van der Waals surface area (Å²) in [6.45, 7) is 7.94. The molecule has 2 aromatic heterocycles. The van der Waals surface area contributed by atoms with Crippen molar-refractivity contribution < 1.29 is 9.50 Å². The first kappa shape index (κ1) is 23.2. The maximum absolute atomic E-state index is 15.2. The molecular formula is C27H28FN5O. The zero-order chi connectivity index (χ0) is 24.2. The van der Waals surface area contributed by atoms with Crippen molar-refractivity contribution in [2.45, 2.75) is 25.9 Å². The smallest absolute Gasteiger partial charge is 0.133 e. The van der Waals surface area contributed by atoms with Gasteiger partial charge in [-0.05, 0) is 43.2 Å². The first-order valence-corrected chi connectivity index (χ1v) is 11.1. The number of hydrogen-bond donors (Lipinski definition) is 3. The van der Waals surface area contributed by atoms with Gasteiger partial charge in [-0.15, -0.1) is 0 Å². The summed E-state index contributed by atoms with van der Waals surface area (Å²) in [5, 5.41) is 17.3. The fourth-order valence-electron chi connectivity index (χ4n) is 3.77. The van der Waals surface area contributed by atoms with Crippen LogP contribution in [0.3, 0.4) is 0 Å². The van der Waals surface area contributed by atoms with Crippen LogP contribution >= 0.6 is 0 Å². The van der Waals surface area contributed by atoms with Crippen molar-refractivity contribution in [2.75, 3.05) is 12.3 Å². The molecule has 0 bridgehead atoms. The Morgan fingerprint density at radius 1 is 1.09 bits per heavy atom. The summed E-state index contributed by atoms with van der Waals surface area (Å²) in [5.74, 6) is -0.134. The molecule has 0 amide bonds. The van der Waals surface area contributed by atoms with Gasteiger partial charge in [0, 0.05) is 46.4 Å². The molecule has 0 fully saturated rings. The Kier molecular flexibility index (Phi) is 6.75. The number of nitrogens with one attached hydrogen (secondary N) is 1. The molecular weight excluding hydrogens is 429 g/mol. The van der Waals surface area contributed by atoms with E-state index in [2.05, 4.69) is 35.8 Å². The van der Waals surface area contributed by atoms with Crippen LogP contribution in [-0.4, -0.2) is 26.5 Å². The van der Waals surface area contributed by atoms with Crippen molar-refractivity contribution in [3.05, 3.63) is 96.7 Å². The van der Waals surface area contributed by atoms with Crippen LogP contribution in [0.2, 0.25) is 0 Å². The molecule has 0 aliphatic rings. The highest BCUT2D eigenvalue weighted by Gasteiger charge is 2.16. The van der Waals surface area contributed by atoms with Crippen LogP contribution in [0.1, 0.15) is 37.1 Å². The minimum absolute atomic E-state index is 0.148. The van der Waals surface area contributed by atoms with Crippen LogP contribution in [-0.2, 0) is 0 Å². The molecule has 0 unspecified atom stereocenters. The van der Waals surface area contributed by atoms with E-state index in [9.17, 15) is 5.11 Å². The maximum atomic E-state index is 15.2. The van der Waals surface area contributed by atoms with Gasteiger partial charge in [-0.25, -0.2) is 9.37 Å². The quantitative estimate of drug-likeness (QED) is 0.338. The van der Waals surface area contributed by atoms with Crippen LogP contribution in [0.15, 0.2) is 79.8 Å². The number of hydrogen-bond acceptors (Lipinski definition) is 5. The van der Waals surface area contributed by atoms with E-state index in [-0.39, 0.29) is 12.6 Å². The molecule has 34 heavy (non-hydrogen) atoms. The molecule has 2 heterocycles. The molecule has 0 saturated heterocycles. The third-order valence-electron chi connectivity index (χ3n) is 5.72. The van der Waals surface area contributed by atoms with Crippen molar-refractivity contribution in [3.63, 3.8) is 0 Å². The lowest BCUT2D eigenvalue weighted by molar-refractivity contribution is 0.256. The molecule has 6 nitrogen and oxygen atoms in total. The minimum Gasteiger partial charge on any atom is -0.394 e. The molecule has 4 rings (SSSR count). The lowest BCUT2D eigenvalue weighted by Gasteiger charge is -2.20. The van der Waals surface area contributed by atoms with Crippen LogP contribution in [0.25, 0.3) is 28.0 Å². The van der Waals surface area contributed by atoms with Gasteiger partial charge >= 0.3 is 0 Å². The molecule has 7 heteroatoms. The van der Waals surface area contributed by atoms with E-state index < -0.39 is 11.9 Å². The van der Waals surface area contributed by atoms with Gasteiger partial charge in [0.05, 0.1) is 18.8 Å². The predicted molar refractivity (Wildman–Crippen MR) is 134 cm³/mol. The highest BCUT2D eigenvalue weighted by molar-refractivity contribution is 5.80. The zero-order valence-corrected chi connectivity index (χ0v) is 19.2. The number of pyridine rings is 1. The Morgan fingerprint density at radius 2 is 1.85 bits per heavy atom. The van der Waals surface area contributed by atoms with E-state index >= 15 is 4.39 Å². The lowest BCUT2D eigenvalue weighted by atomic mass is 10.00. The van der Waals surface area contributed by atoms with E-state index in [0.29, 0.717) is 28.2 Å². The number of halogens is 1. The van der Waals surface area contributed by atoms with E-state index in [1.54, 1.807) is 24.5 Å². The zero-order valence-electron chi connectivity index (χ0n) is 19.2. The number of nitrogens with two attached hydrogens (primary N) is 1. The molecule has 0 radical (unpaired) electrons. The lowest BCUT2D eigenvalue weighted by Crippen LogP contribution is -2.23. The Balaban J connectivity index is 1.60. The summed E-state index contributed by atoms with van der Waals surface area (Å²) in [5.41, 5.74) is 10.7. The SMILES string of the molecule is C=C(N[C@H](CO)c1ccccc1)c1ccc(-c2cc(-c3cnn(C(C)C)c3)cnc2N)cc1F. The molecule has 0 spiro atoms. The van der Waals surface area contributed by atoms with Gasteiger partial charge < -0.3 is 16.2 Å². The van der Waals surface area contributed by atoms with Crippen LogP contribution in [0.4, 0.5) is 10.2 Å². The minimum atomic E-state index is -0.447. The maximum Gasteiger partial charge on any atom is 0.133 e. The number of aliphatic hydroxyl groups excluding tert-OH is 1. The summed E-state index contributed by atoms with van der Waals surface area (Å²) in [7, 11) is 0. The number of nitrogen functional groups attached to an aromatic ring is 1. The molecule has 1 atom stereocenters. The molecule has 0 saturated carbocycles. The number of aromatic nitrogens is 3. The summed E-state index contributed by atoms with van der Waals surface area (Å²) >= 11 is 0. The van der Waals surface area contributed by atoms with Gasteiger partial charge in [0.15, 0.2) is 0 Å². The summed E-state index contributed by atoms with van der Waals surface area (Å²) in [4.78, 5) is 4.32. The Bertz CT molecular complexity index is 1300. The third kappa shape index (κ3) is 4.84. The summed E-state index contributed by atoms with van der Waals surface area (Å²) < 4.78 is 17.0. The first-order chi connectivity index (χ1) is 16.4. The van der Waals surface area contributed by atoms with Crippen LogP contribution in [0, 0.1) is 5.82 Å². The fraction of sp³-hybridized carbons (Fsp3) is 0.185. The van der Waals surface area contributed by atoms with Gasteiger partial charge in [-0.1, -0.05) is 43.0 Å². The van der Waals surface area contributed by atoms with Crippen LogP contribution < -0.4 is 11.1 Å². The molecule has 2 aromatic carbocycles. The predicted octanol–water partition coefficient (Wildman–Crippen LogP) is 5.21. The highest BCUT2D eigenvalue weighted by Crippen LogP contribution is 2.32. The van der Waals surface area contributed by atoms with Gasteiger partial charge in [-0.3, -0.25) is 4.68 Å². The van der Waals surface area contributed by atoms with Crippen molar-refractivity contribution >= 4 is 11.5 Å². The number of nitrogens with zero attached hydrogens (tertiary/aromatic N) is 3. The third-order valence-corrected chi connectivity index (χ3v) is 5.72. The van der Waals surface area contributed by atoms with Gasteiger partial charge in [0.2, 0.25) is 0 Å². The largest absolute Gasteiger partial charge is 0.394 e. The van der Waals surface area contributed by atoms with Gasteiger partial charge in [-0.2, -0.15) is 5.10 Å². The van der Waals surface area contributed by atoms with E-state index in [1.807, 2.05) is 47.3 Å². The van der Waals surface area contributed by atoms with Crippen molar-refractivity contribution in [1.82, 2.24) is 20.1 Å². The first-order valence-electron chi connectivity index (χ1n) is 11.1. The van der Waals surface area contributed by atoms with Crippen molar-refractivity contribution in [2.24, 2.45) is 0 Å². The number of rotatable bonds is 8. The second-order valence-electron chi connectivity index (χ2n) is 8.42. The summed E-state index contributed by atoms with van der Waals surface area (Å²) in [6, 6.07) is 16.1. The normalized spacial score (nSPS) is 12.0. The standard InChI is InChI=1S/C27H28FN5O/c1-17(2)33-15-22(14-31-33)21-11-24(27(29)30-13-21)20-9-10-23(25(28)12-20)18(3)32-26(16-34)19-7-5-4-6-8-19/h4-15,17,26,32,34H,3,16H2,1-2H3,(H2,29,30)/t26-/m1/s1. The number of aliphatic hydroxyl groups is 1. The van der Waals surface area contributed by atoms with Gasteiger partial charge in [0.25, 0.3) is 0 Å². The summed E-state index contributed by atoms with van der Waals surface area (Å²) in [6.07, 6.45) is 5.42. The van der Waals surface area contributed by atoms with E-state index in [0.717, 1.165) is 16.7 Å². The molecule has 4 aromatic rings. The van der Waals surface area contributed by atoms with Crippen LogP contribution in [0.5, 0.6) is 0 Å². The Morgan fingerprint density at radius 3 is 2.50 bits per heavy atom. The second-order valence-corrected chi connectivity index (χ2v) is 8.42. The van der Waals surface area contributed by atoms with E-state index in [4.69, 9.17) is 5.73 Å². The Labute approximate surface area is 198 Å². The van der Waals surface area contributed by atoms with Crippen molar-refractivity contribution in [1.29, 1.82) is 0 Å².